The molecule has 0 spiro atoms. The SMILES string of the molecule is O=CCCc1c(Cl)cc(Cl)cc1Cl. The van der Waals surface area contributed by atoms with E-state index in [1.54, 1.807) is 12.1 Å². The molecule has 0 saturated carbocycles. The Morgan fingerprint density at radius 3 is 2.15 bits per heavy atom. The Hall–Kier alpha value is -0.240. The van der Waals surface area contributed by atoms with Gasteiger partial charge in [0.1, 0.15) is 6.29 Å². The molecule has 0 unspecified atom stereocenters. The van der Waals surface area contributed by atoms with E-state index >= 15 is 0 Å². The van der Waals surface area contributed by atoms with Crippen molar-refractivity contribution in [2.45, 2.75) is 12.8 Å². The van der Waals surface area contributed by atoms with Gasteiger partial charge >= 0.3 is 0 Å². The van der Waals surface area contributed by atoms with E-state index in [0.29, 0.717) is 27.9 Å². The maximum atomic E-state index is 10.2. The molecule has 1 rings (SSSR count). The topological polar surface area (TPSA) is 17.1 Å². The highest BCUT2D eigenvalue weighted by Gasteiger charge is 2.06. The smallest absolute Gasteiger partial charge is 0.120 e. The Labute approximate surface area is 91.6 Å². The second kappa shape index (κ2) is 4.85. The molecule has 0 bridgehead atoms. The summed E-state index contributed by atoms with van der Waals surface area (Å²) in [5.41, 5.74) is 0.778. The van der Waals surface area contributed by atoms with Crippen LogP contribution in [0.3, 0.4) is 0 Å². The largest absolute Gasteiger partial charge is 0.303 e. The van der Waals surface area contributed by atoms with E-state index < -0.39 is 0 Å². The molecule has 1 nitrogen and oxygen atoms in total. The molecule has 13 heavy (non-hydrogen) atoms. The molecule has 0 aliphatic carbocycles. The summed E-state index contributed by atoms with van der Waals surface area (Å²) in [5, 5.41) is 1.53. The molecule has 4 heteroatoms. The molecule has 0 aromatic heterocycles. The molecule has 0 atom stereocenters. The second-order valence-corrected chi connectivity index (χ2v) is 3.80. The zero-order chi connectivity index (χ0) is 9.84. The van der Waals surface area contributed by atoms with Crippen molar-refractivity contribution in [3.63, 3.8) is 0 Å². The van der Waals surface area contributed by atoms with Crippen LogP contribution >= 0.6 is 34.8 Å². The molecule has 1 aromatic carbocycles. The summed E-state index contributed by atoms with van der Waals surface area (Å²) < 4.78 is 0. The fraction of sp³-hybridized carbons (Fsp3) is 0.222. The minimum atomic E-state index is 0.418. The fourth-order valence-electron chi connectivity index (χ4n) is 1.01. The number of halogens is 3. The van der Waals surface area contributed by atoms with Crippen molar-refractivity contribution in [3.8, 4) is 0 Å². The van der Waals surface area contributed by atoms with Gasteiger partial charge in [0.25, 0.3) is 0 Å². The number of benzene rings is 1. The Bertz CT molecular complexity index is 300. The Morgan fingerprint density at radius 1 is 1.15 bits per heavy atom. The van der Waals surface area contributed by atoms with Gasteiger partial charge < -0.3 is 4.79 Å². The molecule has 0 N–H and O–H groups in total. The van der Waals surface area contributed by atoms with Gasteiger partial charge in [0.2, 0.25) is 0 Å². The van der Waals surface area contributed by atoms with Crippen molar-refractivity contribution in [3.05, 3.63) is 32.8 Å². The summed E-state index contributed by atoms with van der Waals surface area (Å²) >= 11 is 17.5. The van der Waals surface area contributed by atoms with Gasteiger partial charge in [-0.1, -0.05) is 34.8 Å². The average Bonchev–Trinajstić information content (AvgIpc) is 2.02. The highest BCUT2D eigenvalue weighted by molar-refractivity contribution is 6.39. The van der Waals surface area contributed by atoms with E-state index in [1.165, 1.54) is 0 Å². The van der Waals surface area contributed by atoms with Crippen LogP contribution in [0.4, 0.5) is 0 Å². The Balaban J connectivity index is 2.98. The summed E-state index contributed by atoms with van der Waals surface area (Å²) in [6.45, 7) is 0. The molecule has 0 aliphatic rings. The van der Waals surface area contributed by atoms with Gasteiger partial charge in [0, 0.05) is 21.5 Å². The van der Waals surface area contributed by atoms with Gasteiger partial charge in [-0.3, -0.25) is 0 Å². The van der Waals surface area contributed by atoms with Gasteiger partial charge in [0.05, 0.1) is 0 Å². The first-order chi connectivity index (χ1) is 6.15. The molecule has 70 valence electrons. The first-order valence-electron chi connectivity index (χ1n) is 3.72. The molecule has 0 heterocycles. The molecule has 0 amide bonds. The predicted octanol–water partition coefficient (Wildman–Crippen LogP) is 3.78. The maximum absolute atomic E-state index is 10.2. The zero-order valence-corrected chi connectivity index (χ0v) is 8.96. The molecule has 0 fully saturated rings. The van der Waals surface area contributed by atoms with Crippen LogP contribution in [0.15, 0.2) is 12.1 Å². The van der Waals surface area contributed by atoms with E-state index in [-0.39, 0.29) is 0 Å². The molecule has 0 aliphatic heterocycles. The lowest BCUT2D eigenvalue weighted by atomic mass is 10.1. The van der Waals surface area contributed by atoms with E-state index in [1.807, 2.05) is 0 Å². The van der Waals surface area contributed by atoms with Crippen molar-refractivity contribution in [2.24, 2.45) is 0 Å². The predicted molar refractivity (Wildman–Crippen MR) is 55.9 cm³/mol. The van der Waals surface area contributed by atoms with Crippen LogP contribution in [0.1, 0.15) is 12.0 Å². The minimum Gasteiger partial charge on any atom is -0.303 e. The van der Waals surface area contributed by atoms with Crippen molar-refractivity contribution in [2.75, 3.05) is 0 Å². The summed E-state index contributed by atoms with van der Waals surface area (Å²) in [4.78, 5) is 10.2. The minimum absolute atomic E-state index is 0.418. The third-order valence-corrected chi connectivity index (χ3v) is 2.51. The monoisotopic (exact) mass is 236 g/mol. The lowest BCUT2D eigenvalue weighted by molar-refractivity contribution is -0.107. The lowest BCUT2D eigenvalue weighted by Crippen LogP contribution is -1.89. The van der Waals surface area contributed by atoms with E-state index in [9.17, 15) is 4.79 Å². The third kappa shape index (κ3) is 2.87. The number of hydrogen-bond acceptors (Lipinski definition) is 1. The Kier molecular flexibility index (Phi) is 4.04. The van der Waals surface area contributed by atoms with E-state index in [2.05, 4.69) is 0 Å². The van der Waals surface area contributed by atoms with Crippen LogP contribution in [0.2, 0.25) is 15.1 Å². The van der Waals surface area contributed by atoms with Crippen LogP contribution < -0.4 is 0 Å². The lowest BCUT2D eigenvalue weighted by Gasteiger charge is -2.05. The first kappa shape index (κ1) is 10.8. The highest BCUT2D eigenvalue weighted by atomic mass is 35.5. The molecular formula is C9H7Cl3O. The number of carbonyl (C=O) groups is 1. The highest BCUT2D eigenvalue weighted by Crippen LogP contribution is 2.29. The molecule has 0 saturated heterocycles. The van der Waals surface area contributed by atoms with Gasteiger partial charge in [-0.25, -0.2) is 0 Å². The van der Waals surface area contributed by atoms with Gasteiger partial charge in [-0.2, -0.15) is 0 Å². The molecule has 0 radical (unpaired) electrons. The van der Waals surface area contributed by atoms with Crippen molar-refractivity contribution in [1.82, 2.24) is 0 Å². The Morgan fingerprint density at radius 2 is 1.69 bits per heavy atom. The van der Waals surface area contributed by atoms with Crippen molar-refractivity contribution >= 4 is 41.1 Å². The fourth-order valence-corrected chi connectivity index (χ4v) is 2.02. The number of carbonyl (C=O) groups excluding carboxylic acids is 1. The third-order valence-electron chi connectivity index (χ3n) is 1.62. The zero-order valence-electron chi connectivity index (χ0n) is 6.69. The van der Waals surface area contributed by atoms with Crippen molar-refractivity contribution in [1.29, 1.82) is 0 Å². The van der Waals surface area contributed by atoms with E-state index in [0.717, 1.165) is 11.8 Å². The summed E-state index contributed by atoms with van der Waals surface area (Å²) in [7, 11) is 0. The van der Waals surface area contributed by atoms with E-state index in [4.69, 9.17) is 34.8 Å². The van der Waals surface area contributed by atoms with Crippen LogP contribution in [0.5, 0.6) is 0 Å². The number of rotatable bonds is 3. The normalized spacial score (nSPS) is 10.1. The van der Waals surface area contributed by atoms with Gasteiger partial charge in [0.15, 0.2) is 0 Å². The van der Waals surface area contributed by atoms with Gasteiger partial charge in [-0.15, -0.1) is 0 Å². The number of hydrogen-bond donors (Lipinski definition) is 0. The second-order valence-electron chi connectivity index (χ2n) is 2.55. The average molecular weight is 238 g/mol. The molecular weight excluding hydrogens is 230 g/mol. The van der Waals surface area contributed by atoms with Crippen molar-refractivity contribution < 1.29 is 4.79 Å². The van der Waals surface area contributed by atoms with Crippen LogP contribution in [-0.4, -0.2) is 6.29 Å². The van der Waals surface area contributed by atoms with Gasteiger partial charge in [-0.05, 0) is 24.1 Å². The summed E-state index contributed by atoms with van der Waals surface area (Å²) in [5.74, 6) is 0. The summed E-state index contributed by atoms with van der Waals surface area (Å²) in [6, 6.07) is 3.24. The maximum Gasteiger partial charge on any atom is 0.120 e. The standard InChI is InChI=1S/C9H7Cl3O/c10-6-4-8(11)7(2-1-3-13)9(12)5-6/h3-5H,1-2H2. The quantitative estimate of drug-likeness (QED) is 0.731. The first-order valence-corrected chi connectivity index (χ1v) is 4.85. The summed E-state index contributed by atoms with van der Waals surface area (Å²) in [6.07, 6.45) is 1.81. The van der Waals surface area contributed by atoms with Crippen LogP contribution in [-0.2, 0) is 11.2 Å². The molecule has 1 aromatic rings. The van der Waals surface area contributed by atoms with Crippen LogP contribution in [0, 0.1) is 0 Å². The van der Waals surface area contributed by atoms with Crippen LogP contribution in [0.25, 0.3) is 0 Å². The number of aldehydes is 1.